The quantitative estimate of drug-likeness (QED) is 0.636. The summed E-state index contributed by atoms with van der Waals surface area (Å²) >= 11 is 0. The fraction of sp³-hybridized carbons (Fsp3) is 0.364. The Labute approximate surface area is 110 Å². The first-order valence-corrected chi connectivity index (χ1v) is 6.77. The fourth-order valence-electron chi connectivity index (χ4n) is 1.57. The van der Waals surface area contributed by atoms with Crippen LogP contribution < -0.4 is 0 Å². The van der Waals surface area contributed by atoms with E-state index >= 15 is 0 Å². The topological polar surface area (TPSA) is 97.5 Å². The molecule has 1 N–H and O–H groups in total. The fourth-order valence-corrected chi connectivity index (χ4v) is 2.91. The first-order chi connectivity index (χ1) is 8.86. The number of carbonyl (C=O) groups is 1. The van der Waals surface area contributed by atoms with Crippen molar-refractivity contribution in [2.24, 2.45) is 0 Å². The maximum absolute atomic E-state index is 13.1. The van der Waals surface area contributed by atoms with Crippen LogP contribution in [0.2, 0.25) is 0 Å². The number of rotatable bonds is 6. The van der Waals surface area contributed by atoms with Crippen LogP contribution in [0.15, 0.2) is 18.2 Å². The summed E-state index contributed by atoms with van der Waals surface area (Å²) in [4.78, 5) is 20.9. The molecule has 8 heteroatoms. The lowest BCUT2D eigenvalue weighted by Gasteiger charge is -2.09. The molecule has 2 atom stereocenters. The second kappa shape index (κ2) is 6.37. The molecule has 0 amide bonds. The second-order valence-corrected chi connectivity index (χ2v) is 5.41. The van der Waals surface area contributed by atoms with E-state index in [4.69, 9.17) is 5.11 Å². The Balaban J connectivity index is 3.04. The summed E-state index contributed by atoms with van der Waals surface area (Å²) in [6.07, 6.45) is 0.130. The van der Waals surface area contributed by atoms with Crippen molar-refractivity contribution in [2.45, 2.75) is 24.3 Å². The highest BCUT2D eigenvalue weighted by atomic mass is 32.2. The maximum atomic E-state index is 13.1. The standard InChI is InChI=1S/C11H12FNO5S/c1-2-10(11(14)15)19(18)6-7-5-8(12)3-4-9(7)13(16)17/h3-5,10H,2,6H2,1H3,(H,14,15). The van der Waals surface area contributed by atoms with Crippen molar-refractivity contribution in [3.63, 3.8) is 0 Å². The van der Waals surface area contributed by atoms with Crippen molar-refractivity contribution in [3.05, 3.63) is 39.7 Å². The van der Waals surface area contributed by atoms with Crippen molar-refractivity contribution in [1.82, 2.24) is 0 Å². The van der Waals surface area contributed by atoms with Crippen molar-refractivity contribution in [2.75, 3.05) is 0 Å². The Morgan fingerprint density at radius 2 is 2.21 bits per heavy atom. The van der Waals surface area contributed by atoms with Gasteiger partial charge in [-0.25, -0.2) is 4.39 Å². The Morgan fingerprint density at radius 1 is 1.58 bits per heavy atom. The van der Waals surface area contributed by atoms with Gasteiger partial charge in [-0.2, -0.15) is 0 Å². The molecule has 2 unspecified atom stereocenters. The Morgan fingerprint density at radius 3 is 2.68 bits per heavy atom. The molecule has 0 aliphatic carbocycles. The average molecular weight is 289 g/mol. The van der Waals surface area contributed by atoms with Gasteiger partial charge >= 0.3 is 5.97 Å². The lowest BCUT2D eigenvalue weighted by atomic mass is 10.2. The Bertz CT molecular complexity index is 534. The number of benzene rings is 1. The number of carboxylic acid groups (broad SMARTS) is 1. The van der Waals surface area contributed by atoms with Crippen molar-refractivity contribution < 1.29 is 23.4 Å². The predicted octanol–water partition coefficient (Wildman–Crippen LogP) is 1.85. The normalized spacial score (nSPS) is 13.8. The molecule has 104 valence electrons. The van der Waals surface area contributed by atoms with Gasteiger partial charge in [-0.15, -0.1) is 0 Å². The minimum atomic E-state index is -1.84. The predicted molar refractivity (Wildman–Crippen MR) is 66.6 cm³/mol. The van der Waals surface area contributed by atoms with Crippen LogP contribution in [-0.2, 0) is 21.3 Å². The summed E-state index contributed by atoms with van der Waals surface area (Å²) in [5.41, 5.74) is -0.432. The van der Waals surface area contributed by atoms with Gasteiger partial charge in [0.2, 0.25) is 0 Å². The SMILES string of the molecule is CCC(C(=O)O)S(=O)Cc1cc(F)ccc1[N+](=O)[O-]. The highest BCUT2D eigenvalue weighted by Gasteiger charge is 2.25. The van der Waals surface area contributed by atoms with Crippen LogP contribution in [0.5, 0.6) is 0 Å². The van der Waals surface area contributed by atoms with E-state index in [9.17, 15) is 23.5 Å². The van der Waals surface area contributed by atoms with Gasteiger partial charge in [0.1, 0.15) is 11.1 Å². The molecule has 0 saturated carbocycles. The van der Waals surface area contributed by atoms with E-state index in [-0.39, 0.29) is 23.4 Å². The van der Waals surface area contributed by atoms with Crippen LogP contribution in [0, 0.1) is 15.9 Å². The number of nitro groups is 1. The Hall–Kier alpha value is -1.83. The zero-order valence-electron chi connectivity index (χ0n) is 10.0. The van der Waals surface area contributed by atoms with E-state index in [2.05, 4.69) is 0 Å². The van der Waals surface area contributed by atoms with E-state index < -0.39 is 32.8 Å². The smallest absolute Gasteiger partial charge is 0.319 e. The second-order valence-electron chi connectivity index (χ2n) is 3.79. The largest absolute Gasteiger partial charge is 0.480 e. The first kappa shape index (κ1) is 15.2. The summed E-state index contributed by atoms with van der Waals surface area (Å²) in [5.74, 6) is -2.29. The van der Waals surface area contributed by atoms with Crippen LogP contribution in [0.3, 0.4) is 0 Å². The van der Waals surface area contributed by atoms with Crippen LogP contribution in [0.4, 0.5) is 10.1 Å². The number of hydrogen-bond donors (Lipinski definition) is 1. The number of halogens is 1. The Kier molecular flexibility index (Phi) is 5.11. The van der Waals surface area contributed by atoms with E-state index in [1.165, 1.54) is 0 Å². The molecule has 0 bridgehead atoms. The van der Waals surface area contributed by atoms with E-state index in [0.29, 0.717) is 0 Å². The molecule has 0 aromatic heterocycles. The molecular formula is C11H12FNO5S. The molecule has 0 fully saturated rings. The van der Waals surface area contributed by atoms with Crippen molar-refractivity contribution in [3.8, 4) is 0 Å². The summed E-state index contributed by atoms with van der Waals surface area (Å²) in [5, 5.41) is 18.5. The molecular weight excluding hydrogens is 277 g/mol. The molecule has 0 spiro atoms. The zero-order chi connectivity index (χ0) is 14.6. The molecule has 0 radical (unpaired) electrons. The highest BCUT2D eigenvalue weighted by Crippen LogP contribution is 2.22. The zero-order valence-corrected chi connectivity index (χ0v) is 10.9. The average Bonchev–Trinajstić information content (AvgIpc) is 2.28. The number of aliphatic carboxylic acids is 1. The molecule has 1 rings (SSSR count). The number of hydrogen-bond acceptors (Lipinski definition) is 4. The number of nitrogens with zero attached hydrogens (tertiary/aromatic N) is 1. The van der Waals surface area contributed by atoms with Gasteiger partial charge in [-0.1, -0.05) is 6.92 Å². The van der Waals surface area contributed by atoms with E-state index in [0.717, 1.165) is 18.2 Å². The lowest BCUT2D eigenvalue weighted by molar-refractivity contribution is -0.385. The summed E-state index contributed by atoms with van der Waals surface area (Å²) < 4.78 is 24.9. The molecule has 0 heterocycles. The third kappa shape index (κ3) is 3.82. The molecule has 1 aromatic rings. The van der Waals surface area contributed by atoms with Gasteiger partial charge in [0.25, 0.3) is 5.69 Å². The summed E-state index contributed by atoms with van der Waals surface area (Å²) in [6.45, 7) is 1.55. The van der Waals surface area contributed by atoms with Gasteiger partial charge in [0.15, 0.2) is 0 Å². The van der Waals surface area contributed by atoms with Gasteiger partial charge in [-0.3, -0.25) is 19.1 Å². The number of nitro benzene ring substituents is 1. The number of carboxylic acids is 1. The van der Waals surface area contributed by atoms with Gasteiger partial charge in [0.05, 0.1) is 10.7 Å². The van der Waals surface area contributed by atoms with Crippen LogP contribution in [-0.4, -0.2) is 25.5 Å². The summed E-state index contributed by atoms with van der Waals surface area (Å²) in [6, 6.07) is 2.81. The summed E-state index contributed by atoms with van der Waals surface area (Å²) in [7, 11) is -1.84. The highest BCUT2D eigenvalue weighted by molar-refractivity contribution is 7.85. The third-order valence-electron chi connectivity index (χ3n) is 2.50. The van der Waals surface area contributed by atoms with Gasteiger partial charge in [-0.05, 0) is 18.6 Å². The van der Waals surface area contributed by atoms with Crippen molar-refractivity contribution in [1.29, 1.82) is 0 Å². The first-order valence-electron chi connectivity index (χ1n) is 5.39. The molecule has 0 aliphatic heterocycles. The third-order valence-corrected chi connectivity index (χ3v) is 4.26. The van der Waals surface area contributed by atoms with Gasteiger partial charge in [0, 0.05) is 22.4 Å². The molecule has 0 saturated heterocycles. The molecule has 19 heavy (non-hydrogen) atoms. The van der Waals surface area contributed by atoms with Crippen LogP contribution in [0.25, 0.3) is 0 Å². The molecule has 1 aromatic carbocycles. The van der Waals surface area contributed by atoms with E-state index in [1.807, 2.05) is 0 Å². The molecule has 0 aliphatic rings. The monoisotopic (exact) mass is 289 g/mol. The van der Waals surface area contributed by atoms with Crippen LogP contribution in [0.1, 0.15) is 18.9 Å². The maximum Gasteiger partial charge on any atom is 0.319 e. The lowest BCUT2D eigenvalue weighted by Crippen LogP contribution is -2.25. The van der Waals surface area contributed by atoms with E-state index in [1.54, 1.807) is 6.92 Å². The minimum Gasteiger partial charge on any atom is -0.480 e. The van der Waals surface area contributed by atoms with Crippen LogP contribution >= 0.6 is 0 Å². The minimum absolute atomic E-state index is 0.0666. The van der Waals surface area contributed by atoms with Crippen molar-refractivity contribution >= 4 is 22.5 Å². The molecule has 6 nitrogen and oxygen atoms in total. The van der Waals surface area contributed by atoms with Gasteiger partial charge < -0.3 is 5.11 Å².